The van der Waals surface area contributed by atoms with Gasteiger partial charge >= 0.3 is 6.09 Å². The number of pyridine rings is 1. The minimum Gasteiger partial charge on any atom is -0.446 e. The van der Waals surface area contributed by atoms with Gasteiger partial charge in [-0.15, -0.1) is 0 Å². The number of amides is 8. The van der Waals surface area contributed by atoms with E-state index in [0.717, 1.165) is 53.3 Å². The number of piperidine rings is 5. The van der Waals surface area contributed by atoms with Gasteiger partial charge < -0.3 is 44.4 Å². The summed E-state index contributed by atoms with van der Waals surface area (Å²) < 4.78 is 24.1. The predicted octanol–water partition coefficient (Wildman–Crippen LogP) is 8.15. The Morgan fingerprint density at radius 2 is 1.49 bits per heavy atom. The number of aryl methyl sites for hydroxylation is 1. The van der Waals surface area contributed by atoms with Crippen LogP contribution in [-0.2, 0) is 29.3 Å². The largest absolute Gasteiger partial charge is 0.446 e. The minimum absolute atomic E-state index is 0.00267. The van der Waals surface area contributed by atoms with Crippen LogP contribution in [0.5, 0.6) is 0 Å². The van der Waals surface area contributed by atoms with Crippen molar-refractivity contribution in [1.82, 2.24) is 44.8 Å². The van der Waals surface area contributed by atoms with Gasteiger partial charge in [0.2, 0.25) is 23.6 Å². The summed E-state index contributed by atoms with van der Waals surface area (Å²) in [6.07, 6.45) is 9.52. The van der Waals surface area contributed by atoms with Gasteiger partial charge in [-0.25, -0.2) is 19.2 Å². The number of halogens is 1. The maximum Gasteiger partial charge on any atom is 0.410 e. The molecule has 88 heavy (non-hydrogen) atoms. The average molecular weight is 1200 g/mol. The lowest BCUT2D eigenvalue weighted by Crippen LogP contribution is -2.58. The number of nitrogens with one attached hydrogen (secondary N) is 3. The van der Waals surface area contributed by atoms with E-state index in [1.807, 2.05) is 54.2 Å². The Morgan fingerprint density at radius 3 is 2.19 bits per heavy atom. The van der Waals surface area contributed by atoms with Gasteiger partial charge in [-0.1, -0.05) is 18.6 Å². The zero-order chi connectivity index (χ0) is 61.4. The molecule has 8 amide bonds. The molecule has 0 bridgehead atoms. The van der Waals surface area contributed by atoms with E-state index < -0.39 is 47.0 Å². The van der Waals surface area contributed by atoms with Crippen LogP contribution in [0.15, 0.2) is 60.9 Å². The molecule has 7 aliphatic heterocycles. The Kier molecular flexibility index (Phi) is 15.6. The van der Waals surface area contributed by atoms with Crippen molar-refractivity contribution in [3.05, 3.63) is 94.6 Å². The van der Waals surface area contributed by atoms with Gasteiger partial charge in [0.05, 0.1) is 39.8 Å². The summed E-state index contributed by atoms with van der Waals surface area (Å²) in [6.45, 7) is 14.4. The fourth-order valence-electron chi connectivity index (χ4n) is 14.9. The number of hydrogen-bond acceptors (Lipinski definition) is 14. The molecule has 9 heterocycles. The SMILES string of the molecule is Cc1cc(F)c(Nc2nc(-c3ccc4c(c3)N(C3CC(N5CCCCC5)C3)C(=O)C43CCN(C(=O)OC4CCN(C(=O)C5CCN(c6ccc7c(c6)C(=O)N(C6CCC(=O)NC6=O)C7=O)CC5)CC4)CC3)cc3ncn(C(C)C)c23)cc1C(=O)NC(C)C. The highest BCUT2D eigenvalue weighted by molar-refractivity contribution is 6.24. The van der Waals surface area contributed by atoms with Crippen molar-refractivity contribution in [2.45, 2.75) is 160 Å². The number of likely N-dealkylation sites (tertiary alicyclic amines) is 3. The quantitative estimate of drug-likeness (QED) is 0.100. The minimum atomic E-state index is -1.04. The molecule has 21 nitrogen and oxygen atoms in total. The lowest BCUT2D eigenvalue weighted by Gasteiger charge is -2.48. The molecule has 13 rings (SSSR count). The molecule has 3 N–H and O–H groups in total. The molecular formula is C66H77FN12O9. The number of hydrogen-bond donors (Lipinski definition) is 3. The highest BCUT2D eigenvalue weighted by atomic mass is 19.1. The maximum absolute atomic E-state index is 16.0. The van der Waals surface area contributed by atoms with Crippen molar-refractivity contribution in [3.63, 3.8) is 0 Å². The van der Waals surface area contributed by atoms with Gasteiger partial charge in [0, 0.05) is 111 Å². The van der Waals surface area contributed by atoms with Crippen LogP contribution in [0.1, 0.15) is 159 Å². The standard InChI is InChI=1S/C66H77FN12O9/c1-37(2)69-59(81)47-34-52(50(67)29-39(47)5)71-58-57-53(68-36-77(57)38(3)4)35-51(70-58)41-9-12-49-55(30-41)78(44-31-43(32-44)73-21-7-6-8-22-73)64(86)66(49)19-27-76(28-20-66)65(87)88-45-17-25-75(26-18-45)61(83)40-15-23-74(24-16-40)42-10-11-46-48(33-42)63(85)79(62(46)84)54-13-14-56(80)72-60(54)82/h9-12,29-30,33-38,40,43-45,54H,6-8,13-28,31-32H2,1-5H3,(H,69,81)(H,70,71)(H,72,80,82). The van der Waals surface area contributed by atoms with Gasteiger partial charge in [-0.3, -0.25) is 43.8 Å². The summed E-state index contributed by atoms with van der Waals surface area (Å²) in [5, 5.41) is 8.42. The molecule has 6 fully saturated rings. The van der Waals surface area contributed by atoms with Crippen LogP contribution < -0.4 is 25.8 Å². The third-order valence-electron chi connectivity index (χ3n) is 19.9. The molecule has 22 heteroatoms. The average Bonchev–Trinajstić information content (AvgIpc) is 2.94. The molecule has 5 aromatic rings. The first-order valence-electron chi connectivity index (χ1n) is 31.7. The molecule has 3 aromatic carbocycles. The molecule has 1 atom stereocenters. The topological polar surface area (TPSA) is 232 Å². The van der Waals surface area contributed by atoms with Crippen LogP contribution >= 0.6 is 0 Å². The van der Waals surface area contributed by atoms with E-state index in [4.69, 9.17) is 14.7 Å². The third-order valence-corrected chi connectivity index (χ3v) is 19.9. The van der Waals surface area contributed by atoms with Crippen molar-refractivity contribution >= 4 is 81.4 Å². The van der Waals surface area contributed by atoms with Crippen molar-refractivity contribution in [1.29, 1.82) is 0 Å². The zero-order valence-electron chi connectivity index (χ0n) is 50.7. The fourth-order valence-corrected chi connectivity index (χ4v) is 14.9. The molecule has 1 spiro atoms. The number of aromatic nitrogens is 3. The fraction of sp³-hybridized carbons (Fsp3) is 0.515. The molecule has 5 saturated heterocycles. The first kappa shape index (κ1) is 58.7. The molecule has 1 saturated carbocycles. The number of ether oxygens (including phenoxy) is 1. The van der Waals surface area contributed by atoms with Crippen molar-refractivity contribution < 1.29 is 47.5 Å². The van der Waals surface area contributed by atoms with Crippen LogP contribution in [0.4, 0.5) is 32.1 Å². The van der Waals surface area contributed by atoms with Crippen molar-refractivity contribution in [3.8, 4) is 11.3 Å². The van der Waals surface area contributed by atoms with Gasteiger partial charge in [-0.05, 0) is 159 Å². The molecule has 462 valence electrons. The Hall–Kier alpha value is -8.27. The second-order valence-electron chi connectivity index (χ2n) is 26.1. The van der Waals surface area contributed by atoms with Gasteiger partial charge in [0.15, 0.2) is 5.82 Å². The Labute approximate surface area is 510 Å². The maximum atomic E-state index is 16.0. The summed E-state index contributed by atoms with van der Waals surface area (Å²) in [6, 6.07) is 15.3. The lowest BCUT2D eigenvalue weighted by atomic mass is 9.73. The van der Waals surface area contributed by atoms with Crippen LogP contribution in [0.3, 0.4) is 0 Å². The molecule has 0 radical (unpaired) electrons. The molecule has 1 unspecified atom stereocenters. The third kappa shape index (κ3) is 10.6. The number of carbonyl (C=O) groups excluding carboxylic acids is 8. The van der Waals surface area contributed by atoms with Crippen molar-refractivity contribution in [2.24, 2.45) is 5.92 Å². The summed E-state index contributed by atoms with van der Waals surface area (Å²) in [5.41, 5.74) is 5.74. The van der Waals surface area contributed by atoms with Crippen LogP contribution in [0, 0.1) is 18.7 Å². The first-order valence-corrected chi connectivity index (χ1v) is 31.7. The van der Waals surface area contributed by atoms with E-state index >= 15 is 9.18 Å². The number of fused-ring (bicyclic) bond motifs is 4. The van der Waals surface area contributed by atoms with Gasteiger partial charge in [-0.2, -0.15) is 0 Å². The Bertz CT molecular complexity index is 3680. The number of imide groups is 2. The van der Waals surface area contributed by atoms with E-state index in [2.05, 4.69) is 37.9 Å². The summed E-state index contributed by atoms with van der Waals surface area (Å²) in [4.78, 5) is 129. The molecule has 2 aromatic heterocycles. The van der Waals surface area contributed by atoms with Gasteiger partial charge in [0.1, 0.15) is 23.5 Å². The van der Waals surface area contributed by atoms with E-state index in [-0.39, 0.29) is 77.5 Å². The van der Waals surface area contributed by atoms with E-state index in [0.29, 0.717) is 118 Å². The zero-order valence-corrected chi connectivity index (χ0v) is 50.7. The predicted molar refractivity (Wildman–Crippen MR) is 327 cm³/mol. The summed E-state index contributed by atoms with van der Waals surface area (Å²) >= 11 is 0. The number of nitrogens with zero attached hydrogens (tertiary/aromatic N) is 9. The van der Waals surface area contributed by atoms with Crippen molar-refractivity contribution in [2.75, 3.05) is 67.5 Å². The normalized spacial score (nSPS) is 22.7. The van der Waals surface area contributed by atoms with E-state index in [1.54, 1.807) is 36.4 Å². The van der Waals surface area contributed by atoms with Crippen LogP contribution in [0.25, 0.3) is 22.3 Å². The van der Waals surface area contributed by atoms with E-state index in [1.165, 1.54) is 31.4 Å². The summed E-state index contributed by atoms with van der Waals surface area (Å²) in [5.74, 6) is -2.73. The van der Waals surface area contributed by atoms with E-state index in [9.17, 15) is 33.6 Å². The number of imidazole rings is 1. The Morgan fingerprint density at radius 1 is 0.761 bits per heavy atom. The first-order chi connectivity index (χ1) is 42.3. The lowest BCUT2D eigenvalue weighted by molar-refractivity contribution is -0.138. The number of anilines is 4. The molecule has 8 aliphatic rings. The second-order valence-corrected chi connectivity index (χ2v) is 26.1. The number of benzene rings is 3. The molecule has 1 aliphatic carbocycles. The molecular weight excluding hydrogens is 1120 g/mol. The van der Waals surface area contributed by atoms with Gasteiger partial charge in [0.25, 0.3) is 17.7 Å². The van der Waals surface area contributed by atoms with Crippen LogP contribution in [0.2, 0.25) is 0 Å². The number of carbonyl (C=O) groups is 8. The highest BCUT2D eigenvalue weighted by Crippen LogP contribution is 2.52. The second kappa shape index (κ2) is 23.4. The highest BCUT2D eigenvalue weighted by Gasteiger charge is 2.56. The summed E-state index contributed by atoms with van der Waals surface area (Å²) in [7, 11) is 0. The smallest absolute Gasteiger partial charge is 0.410 e. The van der Waals surface area contributed by atoms with Crippen LogP contribution in [-0.4, -0.2) is 164 Å². The monoisotopic (exact) mass is 1200 g/mol. The Balaban J connectivity index is 0.665. The number of rotatable bonds is 12.